The Morgan fingerprint density at radius 2 is 1.70 bits per heavy atom. The van der Waals surface area contributed by atoms with E-state index in [1.165, 1.54) is 5.56 Å². The zero-order valence-electron chi connectivity index (χ0n) is 15.8. The zero-order chi connectivity index (χ0) is 17.6. The Kier molecular flexibility index (Phi) is 7.27. The summed E-state index contributed by atoms with van der Waals surface area (Å²) in [6.07, 6.45) is 1.07. The molecule has 0 aliphatic carbocycles. The average molecular weight is 319 g/mol. The van der Waals surface area contributed by atoms with Crippen molar-refractivity contribution in [1.82, 2.24) is 4.90 Å². The van der Waals surface area contributed by atoms with E-state index in [4.69, 9.17) is 4.74 Å². The van der Waals surface area contributed by atoms with Crippen LogP contribution in [0.4, 0.5) is 0 Å². The van der Waals surface area contributed by atoms with Crippen molar-refractivity contribution in [2.75, 3.05) is 20.2 Å². The maximum absolute atomic E-state index is 12.2. The standard InChI is InChI=1S/C20H33NO2/c1-15(2)14-17-8-10-18(11-9-17)16(3)19(22)23-13-12-21(7)20(4,5)6/h8-11,15-16H,12-14H2,1-7H3. The number of nitrogens with zero attached hydrogens (tertiary/aromatic N) is 1. The van der Waals surface area contributed by atoms with Gasteiger partial charge >= 0.3 is 5.97 Å². The van der Waals surface area contributed by atoms with Crippen LogP contribution >= 0.6 is 0 Å². The fourth-order valence-corrected chi connectivity index (χ4v) is 2.29. The van der Waals surface area contributed by atoms with Gasteiger partial charge in [0.1, 0.15) is 6.61 Å². The van der Waals surface area contributed by atoms with E-state index in [2.05, 4.69) is 51.7 Å². The molecule has 130 valence electrons. The van der Waals surface area contributed by atoms with Crippen LogP contribution in [0.15, 0.2) is 24.3 Å². The number of likely N-dealkylation sites (N-methyl/N-ethyl adjacent to an activating group) is 1. The molecule has 3 nitrogen and oxygen atoms in total. The molecule has 1 aromatic carbocycles. The van der Waals surface area contributed by atoms with Gasteiger partial charge in [-0.3, -0.25) is 9.69 Å². The quantitative estimate of drug-likeness (QED) is 0.703. The van der Waals surface area contributed by atoms with Gasteiger partial charge in [-0.15, -0.1) is 0 Å². The summed E-state index contributed by atoms with van der Waals surface area (Å²) < 4.78 is 5.44. The average Bonchev–Trinajstić information content (AvgIpc) is 2.45. The van der Waals surface area contributed by atoms with Gasteiger partial charge in [0.05, 0.1) is 5.92 Å². The van der Waals surface area contributed by atoms with Crippen LogP contribution in [0.5, 0.6) is 0 Å². The van der Waals surface area contributed by atoms with Crippen LogP contribution in [0.2, 0.25) is 0 Å². The van der Waals surface area contributed by atoms with Gasteiger partial charge in [-0.05, 0) is 58.2 Å². The molecule has 0 N–H and O–H groups in total. The molecule has 0 radical (unpaired) electrons. The van der Waals surface area contributed by atoms with E-state index in [1.54, 1.807) is 0 Å². The van der Waals surface area contributed by atoms with Crippen molar-refractivity contribution in [3.8, 4) is 0 Å². The number of carbonyl (C=O) groups is 1. The highest BCUT2D eigenvalue weighted by Crippen LogP contribution is 2.19. The van der Waals surface area contributed by atoms with E-state index in [-0.39, 0.29) is 17.4 Å². The highest BCUT2D eigenvalue weighted by Gasteiger charge is 2.19. The molecule has 0 amide bonds. The fourth-order valence-electron chi connectivity index (χ4n) is 2.29. The number of carbonyl (C=O) groups excluding carboxylic acids is 1. The number of benzene rings is 1. The van der Waals surface area contributed by atoms with Crippen molar-refractivity contribution in [3.63, 3.8) is 0 Å². The third-order valence-electron chi connectivity index (χ3n) is 4.29. The SMILES string of the molecule is CC(C)Cc1ccc(C(C)C(=O)OCCN(C)C(C)(C)C)cc1. The maximum Gasteiger partial charge on any atom is 0.313 e. The molecular formula is C20H33NO2. The van der Waals surface area contributed by atoms with Crippen molar-refractivity contribution < 1.29 is 9.53 Å². The normalized spacial score (nSPS) is 13.4. The second kappa shape index (κ2) is 8.49. The molecule has 3 heteroatoms. The molecule has 1 rings (SSSR count). The van der Waals surface area contributed by atoms with E-state index in [9.17, 15) is 4.79 Å². The van der Waals surface area contributed by atoms with Crippen molar-refractivity contribution in [1.29, 1.82) is 0 Å². The maximum atomic E-state index is 12.2. The van der Waals surface area contributed by atoms with Gasteiger partial charge < -0.3 is 4.74 Å². The first-order chi connectivity index (χ1) is 10.6. The van der Waals surface area contributed by atoms with Gasteiger partial charge in [-0.1, -0.05) is 38.1 Å². The molecule has 1 atom stereocenters. The first-order valence-corrected chi connectivity index (χ1v) is 8.58. The number of rotatable bonds is 7. The number of hydrogen-bond acceptors (Lipinski definition) is 3. The predicted octanol–water partition coefficient (Wildman–Crippen LogP) is 4.26. The topological polar surface area (TPSA) is 29.5 Å². The molecule has 1 aromatic rings. The third-order valence-corrected chi connectivity index (χ3v) is 4.29. The third kappa shape index (κ3) is 6.74. The summed E-state index contributed by atoms with van der Waals surface area (Å²) in [5.74, 6) is 0.273. The summed E-state index contributed by atoms with van der Waals surface area (Å²) in [7, 11) is 2.05. The summed E-state index contributed by atoms with van der Waals surface area (Å²) in [6, 6.07) is 8.33. The summed E-state index contributed by atoms with van der Waals surface area (Å²) in [5.41, 5.74) is 2.42. The van der Waals surface area contributed by atoms with Gasteiger partial charge in [-0.2, -0.15) is 0 Å². The predicted molar refractivity (Wildman–Crippen MR) is 96.7 cm³/mol. The van der Waals surface area contributed by atoms with Gasteiger partial charge in [-0.25, -0.2) is 0 Å². The lowest BCUT2D eigenvalue weighted by molar-refractivity contribution is -0.145. The lowest BCUT2D eigenvalue weighted by Gasteiger charge is -2.31. The highest BCUT2D eigenvalue weighted by atomic mass is 16.5. The van der Waals surface area contributed by atoms with Crippen LogP contribution in [0, 0.1) is 5.92 Å². The van der Waals surface area contributed by atoms with Gasteiger partial charge in [0, 0.05) is 12.1 Å². The molecule has 0 aliphatic heterocycles. The van der Waals surface area contributed by atoms with Gasteiger partial charge in [0.25, 0.3) is 0 Å². The van der Waals surface area contributed by atoms with Crippen molar-refractivity contribution in [3.05, 3.63) is 35.4 Å². The first-order valence-electron chi connectivity index (χ1n) is 8.58. The summed E-state index contributed by atoms with van der Waals surface area (Å²) in [6.45, 7) is 14.0. The number of esters is 1. The molecule has 1 unspecified atom stereocenters. The van der Waals surface area contributed by atoms with Crippen LogP contribution < -0.4 is 0 Å². The molecule has 0 aromatic heterocycles. The van der Waals surface area contributed by atoms with Crippen molar-refractivity contribution >= 4 is 5.97 Å². The minimum absolute atomic E-state index is 0.0876. The molecule has 0 spiro atoms. The molecule has 0 saturated heterocycles. The van der Waals surface area contributed by atoms with E-state index in [0.717, 1.165) is 18.5 Å². The van der Waals surface area contributed by atoms with Crippen LogP contribution in [0.25, 0.3) is 0 Å². The lowest BCUT2D eigenvalue weighted by Crippen LogP contribution is -2.40. The Morgan fingerprint density at radius 1 is 1.13 bits per heavy atom. The Balaban J connectivity index is 2.50. The van der Waals surface area contributed by atoms with Crippen molar-refractivity contribution in [2.45, 2.75) is 59.4 Å². The zero-order valence-corrected chi connectivity index (χ0v) is 15.8. The Morgan fingerprint density at radius 3 is 2.17 bits per heavy atom. The smallest absolute Gasteiger partial charge is 0.313 e. The van der Waals surface area contributed by atoms with Crippen LogP contribution in [0.1, 0.15) is 58.6 Å². The van der Waals surface area contributed by atoms with Crippen LogP contribution in [-0.2, 0) is 16.0 Å². The van der Waals surface area contributed by atoms with E-state index in [1.807, 2.05) is 26.1 Å². The second-order valence-corrected chi connectivity index (χ2v) is 7.82. The number of ether oxygens (including phenoxy) is 1. The Hall–Kier alpha value is -1.35. The van der Waals surface area contributed by atoms with Gasteiger partial charge in [0.15, 0.2) is 0 Å². The largest absolute Gasteiger partial charge is 0.464 e. The minimum Gasteiger partial charge on any atom is -0.464 e. The van der Waals surface area contributed by atoms with Crippen molar-refractivity contribution in [2.24, 2.45) is 5.92 Å². The Bertz CT molecular complexity index is 485. The number of hydrogen-bond donors (Lipinski definition) is 0. The van der Waals surface area contributed by atoms with Crippen LogP contribution in [-0.4, -0.2) is 36.6 Å². The Labute approximate surface area is 142 Å². The summed E-state index contributed by atoms with van der Waals surface area (Å²) in [5, 5.41) is 0. The highest BCUT2D eigenvalue weighted by molar-refractivity contribution is 5.77. The van der Waals surface area contributed by atoms with Gasteiger partial charge in [0.2, 0.25) is 0 Å². The monoisotopic (exact) mass is 319 g/mol. The fraction of sp³-hybridized carbons (Fsp3) is 0.650. The van der Waals surface area contributed by atoms with Crippen LogP contribution in [0.3, 0.4) is 0 Å². The summed E-state index contributed by atoms with van der Waals surface area (Å²) in [4.78, 5) is 14.4. The molecular weight excluding hydrogens is 286 g/mol. The van der Waals surface area contributed by atoms with E-state index < -0.39 is 0 Å². The van der Waals surface area contributed by atoms with E-state index in [0.29, 0.717) is 12.5 Å². The molecule has 0 bridgehead atoms. The first kappa shape index (κ1) is 19.7. The summed E-state index contributed by atoms with van der Waals surface area (Å²) >= 11 is 0. The molecule has 0 aliphatic rings. The second-order valence-electron chi connectivity index (χ2n) is 7.82. The molecule has 0 heterocycles. The molecule has 0 fully saturated rings. The molecule has 23 heavy (non-hydrogen) atoms. The lowest BCUT2D eigenvalue weighted by atomic mass is 9.97. The minimum atomic E-state index is -0.219. The molecule has 0 saturated carbocycles. The van der Waals surface area contributed by atoms with E-state index >= 15 is 0 Å².